The maximum Gasteiger partial charge on any atom is 0.328 e. The molecule has 1 atom stereocenters. The monoisotopic (exact) mass is 658 g/mol. The zero-order valence-corrected chi connectivity index (χ0v) is 30.3. The third-order valence-corrected chi connectivity index (χ3v) is 14.1. The van der Waals surface area contributed by atoms with Crippen molar-refractivity contribution in [1.29, 1.82) is 5.26 Å². The SMILES string of the molecule is COc1cc(OCCO[Si](C(C)C)(C(C)C)C(C)C)c(F)c(/C([CH]SC)=N\c2ccc(C#N)c(C(N)C(=O)OC(C)(C)C)c2)c1. The number of aliphatic imine (C=N–C) groups is 1. The van der Waals surface area contributed by atoms with Crippen LogP contribution in [0.15, 0.2) is 35.3 Å². The van der Waals surface area contributed by atoms with Crippen molar-refractivity contribution in [2.24, 2.45) is 10.7 Å². The first-order valence-electron chi connectivity index (χ1n) is 15.1. The quantitative estimate of drug-likeness (QED) is 0.0880. The molecule has 0 fully saturated rings. The van der Waals surface area contributed by atoms with Crippen LogP contribution in [0.2, 0.25) is 16.6 Å². The Morgan fingerprint density at radius 3 is 2.22 bits per heavy atom. The Labute approximate surface area is 274 Å². The highest BCUT2D eigenvalue weighted by Gasteiger charge is 2.44. The van der Waals surface area contributed by atoms with E-state index in [9.17, 15) is 10.1 Å². The van der Waals surface area contributed by atoms with Crippen LogP contribution in [-0.2, 0) is 14.0 Å². The van der Waals surface area contributed by atoms with Gasteiger partial charge in [0.15, 0.2) is 19.9 Å². The van der Waals surface area contributed by atoms with Gasteiger partial charge in [-0.2, -0.15) is 17.0 Å². The first-order chi connectivity index (χ1) is 21.0. The number of hydrogen-bond acceptors (Lipinski definition) is 9. The van der Waals surface area contributed by atoms with Crippen molar-refractivity contribution >= 4 is 37.4 Å². The number of carbonyl (C=O) groups excluding carboxylic acids is 1. The molecular formula is C34H49FN3O5SSi. The summed E-state index contributed by atoms with van der Waals surface area (Å²) in [5.41, 5.74) is 8.03. The second kappa shape index (κ2) is 16.6. The summed E-state index contributed by atoms with van der Waals surface area (Å²) in [6.45, 7) is 19.0. The lowest BCUT2D eigenvalue weighted by molar-refractivity contribution is -0.156. The smallest absolute Gasteiger partial charge is 0.328 e. The second-order valence-electron chi connectivity index (χ2n) is 12.7. The maximum absolute atomic E-state index is 16.1. The molecule has 0 aromatic heterocycles. The van der Waals surface area contributed by atoms with E-state index in [1.54, 1.807) is 44.7 Å². The Bertz CT molecular complexity index is 1360. The van der Waals surface area contributed by atoms with E-state index in [2.05, 4.69) is 52.6 Å². The first kappa shape index (κ1) is 38.3. The van der Waals surface area contributed by atoms with Gasteiger partial charge in [-0.25, -0.2) is 9.18 Å². The van der Waals surface area contributed by atoms with Crippen LogP contribution in [0.3, 0.4) is 0 Å². The molecule has 0 amide bonds. The van der Waals surface area contributed by atoms with Crippen LogP contribution in [0.5, 0.6) is 11.5 Å². The summed E-state index contributed by atoms with van der Waals surface area (Å²) in [6, 6.07) is 8.60. The minimum absolute atomic E-state index is 0.0218. The molecule has 2 N–H and O–H groups in total. The predicted molar refractivity (Wildman–Crippen MR) is 183 cm³/mol. The van der Waals surface area contributed by atoms with Crippen LogP contribution in [0.4, 0.5) is 10.1 Å². The standard InChI is InChI=1S/C34H49FN3O5SSi/c1-21(2)45(22(3)4,23(5)6)42-15-14-41-30-18-26(40-10)17-28(31(30)35)29(20-44-11)38-25-13-12-24(19-36)27(16-25)32(37)33(39)43-34(7,8)9/h12-13,16-18,20-23,32H,14-15,37H2,1-11H3/b38-29-. The van der Waals surface area contributed by atoms with Crippen molar-refractivity contribution in [3.63, 3.8) is 0 Å². The number of rotatable bonds is 15. The third-order valence-electron chi connectivity index (χ3n) is 7.55. The lowest BCUT2D eigenvalue weighted by atomic mass is 10.0. The van der Waals surface area contributed by atoms with Crippen LogP contribution in [0, 0.1) is 22.9 Å². The Morgan fingerprint density at radius 1 is 1.09 bits per heavy atom. The fourth-order valence-electron chi connectivity index (χ4n) is 5.72. The highest BCUT2D eigenvalue weighted by atomic mass is 32.2. The summed E-state index contributed by atoms with van der Waals surface area (Å²) in [6.07, 6.45) is 1.83. The lowest BCUT2D eigenvalue weighted by Gasteiger charge is -2.42. The molecule has 2 rings (SSSR count). The van der Waals surface area contributed by atoms with Crippen LogP contribution in [0.1, 0.15) is 85.0 Å². The molecule has 11 heteroatoms. The number of methoxy groups -OCH3 is 1. The fraction of sp³-hybridized carbons (Fsp3) is 0.529. The minimum Gasteiger partial charge on any atom is -0.497 e. The number of benzene rings is 2. The highest BCUT2D eigenvalue weighted by Crippen LogP contribution is 2.42. The summed E-state index contributed by atoms with van der Waals surface area (Å²) in [7, 11) is -0.604. The fourth-order valence-corrected chi connectivity index (χ4v) is 11.6. The summed E-state index contributed by atoms with van der Waals surface area (Å²) >= 11 is 1.34. The van der Waals surface area contributed by atoms with E-state index in [0.717, 1.165) is 0 Å². The topological polar surface area (TPSA) is 116 Å². The highest BCUT2D eigenvalue weighted by molar-refractivity contribution is 8.01. The third kappa shape index (κ3) is 9.79. The molecule has 0 aliphatic heterocycles. The number of carbonyl (C=O) groups is 1. The molecule has 0 saturated heterocycles. The van der Waals surface area contributed by atoms with E-state index in [1.807, 2.05) is 6.26 Å². The van der Waals surface area contributed by atoms with Crippen molar-refractivity contribution in [2.45, 2.75) is 90.6 Å². The molecule has 0 heterocycles. The van der Waals surface area contributed by atoms with E-state index in [4.69, 9.17) is 24.4 Å². The molecule has 1 unspecified atom stereocenters. The molecule has 0 saturated carbocycles. The molecular weight excluding hydrogens is 610 g/mol. The van der Waals surface area contributed by atoms with Gasteiger partial charge in [-0.15, -0.1) is 0 Å². The van der Waals surface area contributed by atoms with Gasteiger partial charge in [0.05, 0.1) is 42.5 Å². The number of nitrogens with zero attached hydrogens (tertiary/aromatic N) is 2. The van der Waals surface area contributed by atoms with Gasteiger partial charge < -0.3 is 24.4 Å². The Balaban J connectivity index is 2.47. The average Bonchev–Trinajstić information content (AvgIpc) is 2.95. The van der Waals surface area contributed by atoms with Gasteiger partial charge in [0.2, 0.25) is 0 Å². The van der Waals surface area contributed by atoms with Gasteiger partial charge in [0.1, 0.15) is 24.0 Å². The Kier molecular flexibility index (Phi) is 14.1. The molecule has 0 aliphatic carbocycles. The van der Waals surface area contributed by atoms with E-state index in [-0.39, 0.29) is 29.0 Å². The average molecular weight is 659 g/mol. The minimum atomic E-state index is -2.10. The normalized spacial score (nSPS) is 13.3. The zero-order valence-electron chi connectivity index (χ0n) is 28.5. The van der Waals surface area contributed by atoms with Gasteiger partial charge in [-0.05, 0) is 73.5 Å². The number of nitriles is 1. The summed E-state index contributed by atoms with van der Waals surface area (Å²) in [5.74, 6) is 0.848. The maximum atomic E-state index is 16.1. The molecule has 45 heavy (non-hydrogen) atoms. The van der Waals surface area contributed by atoms with Crippen molar-refractivity contribution in [2.75, 3.05) is 26.6 Å². The summed E-state index contributed by atoms with van der Waals surface area (Å²) in [5, 5.41) is 9.67. The number of ether oxygens (including phenoxy) is 3. The molecule has 8 nitrogen and oxygen atoms in total. The van der Waals surface area contributed by atoms with Crippen LogP contribution < -0.4 is 15.2 Å². The summed E-state index contributed by atoms with van der Waals surface area (Å²) in [4.78, 5) is 17.4. The molecule has 1 radical (unpaired) electrons. The van der Waals surface area contributed by atoms with E-state index < -0.39 is 31.7 Å². The van der Waals surface area contributed by atoms with Crippen LogP contribution in [0.25, 0.3) is 0 Å². The first-order valence-corrected chi connectivity index (χ1v) is 18.6. The van der Waals surface area contributed by atoms with E-state index in [1.165, 1.54) is 31.0 Å². The molecule has 247 valence electrons. The van der Waals surface area contributed by atoms with E-state index >= 15 is 4.39 Å². The van der Waals surface area contributed by atoms with Crippen molar-refractivity contribution in [3.8, 4) is 17.6 Å². The van der Waals surface area contributed by atoms with Gasteiger partial charge in [0.25, 0.3) is 0 Å². The number of esters is 1. The molecule has 0 bridgehead atoms. The van der Waals surface area contributed by atoms with Crippen LogP contribution in [-0.4, -0.2) is 52.2 Å². The van der Waals surface area contributed by atoms with Crippen molar-refractivity contribution < 1.29 is 27.8 Å². The van der Waals surface area contributed by atoms with Gasteiger partial charge in [-0.1, -0.05) is 41.5 Å². The largest absolute Gasteiger partial charge is 0.497 e. The molecule has 0 spiro atoms. The van der Waals surface area contributed by atoms with Gasteiger partial charge in [0, 0.05) is 11.6 Å². The van der Waals surface area contributed by atoms with E-state index in [0.29, 0.717) is 40.4 Å². The molecule has 2 aromatic carbocycles. The number of nitrogens with two attached hydrogens (primary N) is 1. The second-order valence-corrected chi connectivity index (χ2v) is 18.9. The molecule has 0 aliphatic rings. The van der Waals surface area contributed by atoms with Gasteiger partial charge in [-0.3, -0.25) is 4.99 Å². The Hall–Kier alpha value is -2.91. The van der Waals surface area contributed by atoms with Crippen molar-refractivity contribution in [1.82, 2.24) is 0 Å². The zero-order chi connectivity index (χ0) is 34.1. The summed E-state index contributed by atoms with van der Waals surface area (Å²) < 4.78 is 39.5. The lowest BCUT2D eigenvalue weighted by Crippen LogP contribution is -2.48. The predicted octanol–water partition coefficient (Wildman–Crippen LogP) is 8.26. The Morgan fingerprint density at radius 2 is 1.71 bits per heavy atom. The number of halogens is 1. The number of thioether (sulfide) groups is 1. The number of hydrogen-bond donors (Lipinski definition) is 1. The van der Waals surface area contributed by atoms with Crippen LogP contribution >= 0.6 is 11.8 Å². The van der Waals surface area contributed by atoms with Gasteiger partial charge >= 0.3 is 5.97 Å². The molecule has 2 aromatic rings. The van der Waals surface area contributed by atoms with Crippen molar-refractivity contribution in [3.05, 3.63) is 58.6 Å².